The molecule has 2 N–H and O–H groups in total. The van der Waals surface area contributed by atoms with Crippen LogP contribution in [0.25, 0.3) is 0 Å². The van der Waals surface area contributed by atoms with Crippen LogP contribution in [-0.2, 0) is 0 Å². The van der Waals surface area contributed by atoms with Gasteiger partial charge in [-0.2, -0.15) is 0 Å². The molecule has 0 aliphatic carbocycles. The Morgan fingerprint density at radius 3 is 3.15 bits per heavy atom. The molecule has 1 fully saturated rings. The van der Waals surface area contributed by atoms with E-state index >= 15 is 0 Å². The van der Waals surface area contributed by atoms with E-state index in [-0.39, 0.29) is 12.0 Å². The second-order valence-electron chi connectivity index (χ2n) is 3.16. The number of imidazole rings is 1. The minimum Gasteiger partial charge on any atom is -0.391 e. The number of H-pyrrole nitrogens is 1. The highest BCUT2D eigenvalue weighted by atomic mass is 16.3. The van der Waals surface area contributed by atoms with Crippen molar-refractivity contribution in [3.63, 3.8) is 0 Å². The maximum absolute atomic E-state index is 11.6. The van der Waals surface area contributed by atoms with Gasteiger partial charge in [0.25, 0.3) is 5.91 Å². The van der Waals surface area contributed by atoms with Gasteiger partial charge in [-0.05, 0) is 6.42 Å². The third kappa shape index (κ3) is 1.55. The highest BCUT2D eigenvalue weighted by molar-refractivity contribution is 5.92. The number of β-amino-alcohol motifs (C(OH)–C–C–N with tert-alkyl or cyclic N) is 1. The van der Waals surface area contributed by atoms with Crippen molar-refractivity contribution in [2.75, 3.05) is 13.1 Å². The predicted molar refractivity (Wildman–Crippen MR) is 45.1 cm³/mol. The number of aromatic amines is 1. The zero-order valence-electron chi connectivity index (χ0n) is 7.10. The largest absolute Gasteiger partial charge is 0.391 e. The first-order chi connectivity index (χ1) is 6.27. The van der Waals surface area contributed by atoms with Gasteiger partial charge in [0.1, 0.15) is 5.69 Å². The van der Waals surface area contributed by atoms with Gasteiger partial charge in [0, 0.05) is 13.1 Å². The topological polar surface area (TPSA) is 69.2 Å². The fourth-order valence-electron chi connectivity index (χ4n) is 1.47. The normalized spacial score (nSPS) is 22.2. The van der Waals surface area contributed by atoms with E-state index in [4.69, 9.17) is 0 Å². The summed E-state index contributed by atoms with van der Waals surface area (Å²) in [5, 5.41) is 9.23. The van der Waals surface area contributed by atoms with Crippen LogP contribution >= 0.6 is 0 Å². The first-order valence-corrected chi connectivity index (χ1v) is 4.23. The lowest BCUT2D eigenvalue weighted by molar-refractivity contribution is 0.0760. The third-order valence-corrected chi connectivity index (χ3v) is 2.18. The van der Waals surface area contributed by atoms with Gasteiger partial charge >= 0.3 is 0 Å². The zero-order valence-corrected chi connectivity index (χ0v) is 7.10. The number of aliphatic hydroxyl groups excluding tert-OH is 1. The van der Waals surface area contributed by atoms with Crippen LogP contribution in [0.15, 0.2) is 12.5 Å². The molecule has 0 radical (unpaired) electrons. The molecule has 2 rings (SSSR count). The summed E-state index contributed by atoms with van der Waals surface area (Å²) >= 11 is 0. The quantitative estimate of drug-likeness (QED) is 0.620. The Balaban J connectivity index is 2.06. The Morgan fingerprint density at radius 2 is 2.62 bits per heavy atom. The highest BCUT2D eigenvalue weighted by Gasteiger charge is 2.25. The number of nitrogens with one attached hydrogen (secondary N) is 1. The molecule has 0 spiro atoms. The van der Waals surface area contributed by atoms with Crippen LogP contribution in [0.5, 0.6) is 0 Å². The van der Waals surface area contributed by atoms with Crippen LogP contribution in [0.1, 0.15) is 16.9 Å². The van der Waals surface area contributed by atoms with E-state index in [2.05, 4.69) is 9.97 Å². The summed E-state index contributed by atoms with van der Waals surface area (Å²) in [7, 11) is 0. The number of aliphatic hydroxyl groups is 1. The van der Waals surface area contributed by atoms with E-state index < -0.39 is 0 Å². The second kappa shape index (κ2) is 3.18. The molecule has 13 heavy (non-hydrogen) atoms. The lowest BCUT2D eigenvalue weighted by Crippen LogP contribution is -2.29. The maximum atomic E-state index is 11.6. The monoisotopic (exact) mass is 181 g/mol. The van der Waals surface area contributed by atoms with Crippen LogP contribution in [0.3, 0.4) is 0 Å². The molecule has 5 nitrogen and oxygen atoms in total. The highest BCUT2D eigenvalue weighted by Crippen LogP contribution is 2.11. The number of carbonyl (C=O) groups excluding carboxylic acids is 1. The van der Waals surface area contributed by atoms with E-state index in [1.165, 1.54) is 12.5 Å². The van der Waals surface area contributed by atoms with Gasteiger partial charge in [0.2, 0.25) is 0 Å². The molecule has 1 amide bonds. The molecule has 1 aromatic heterocycles. The van der Waals surface area contributed by atoms with Crippen LogP contribution in [0.2, 0.25) is 0 Å². The molecule has 0 bridgehead atoms. The van der Waals surface area contributed by atoms with E-state index in [1.54, 1.807) is 4.90 Å². The lowest BCUT2D eigenvalue weighted by Gasteiger charge is -2.13. The van der Waals surface area contributed by atoms with Gasteiger partial charge in [0.05, 0.1) is 18.6 Å². The fraction of sp³-hybridized carbons (Fsp3) is 0.500. The number of amides is 1. The first-order valence-electron chi connectivity index (χ1n) is 4.23. The molecule has 0 saturated carbocycles. The van der Waals surface area contributed by atoms with Crippen molar-refractivity contribution < 1.29 is 9.90 Å². The van der Waals surface area contributed by atoms with Crippen molar-refractivity contribution in [3.05, 3.63) is 18.2 Å². The zero-order chi connectivity index (χ0) is 9.26. The molecular weight excluding hydrogens is 170 g/mol. The summed E-state index contributed by atoms with van der Waals surface area (Å²) in [6.07, 6.45) is 3.26. The second-order valence-corrected chi connectivity index (χ2v) is 3.16. The molecule has 0 aromatic carbocycles. The molecule has 1 unspecified atom stereocenters. The molecule has 2 heterocycles. The van der Waals surface area contributed by atoms with Gasteiger partial charge in [-0.3, -0.25) is 4.79 Å². The maximum Gasteiger partial charge on any atom is 0.272 e. The minimum atomic E-state index is -0.369. The molecule has 1 aromatic rings. The van der Waals surface area contributed by atoms with Crippen molar-refractivity contribution in [1.29, 1.82) is 0 Å². The summed E-state index contributed by atoms with van der Waals surface area (Å²) < 4.78 is 0. The summed E-state index contributed by atoms with van der Waals surface area (Å²) in [5.74, 6) is -0.0888. The Morgan fingerprint density at radius 1 is 1.77 bits per heavy atom. The number of carbonyl (C=O) groups is 1. The molecule has 5 heteroatoms. The number of hydrogen-bond donors (Lipinski definition) is 2. The predicted octanol–water partition coefficient (Wildman–Crippen LogP) is -0.383. The molecule has 1 atom stereocenters. The molecule has 1 aliphatic heterocycles. The van der Waals surface area contributed by atoms with Crippen LogP contribution < -0.4 is 0 Å². The van der Waals surface area contributed by atoms with Gasteiger partial charge in [0.15, 0.2) is 0 Å². The Kier molecular flexibility index (Phi) is 2.02. The van der Waals surface area contributed by atoms with E-state index in [1.807, 2.05) is 0 Å². The van der Waals surface area contributed by atoms with Crippen LogP contribution in [-0.4, -0.2) is 45.1 Å². The minimum absolute atomic E-state index is 0.0888. The smallest absolute Gasteiger partial charge is 0.272 e. The SMILES string of the molecule is O=C(c1cnc[nH]1)N1CCC(O)C1. The molecule has 1 saturated heterocycles. The average molecular weight is 181 g/mol. The van der Waals surface area contributed by atoms with E-state index in [0.717, 1.165) is 0 Å². The summed E-state index contributed by atoms with van der Waals surface area (Å²) in [6, 6.07) is 0. The van der Waals surface area contributed by atoms with Gasteiger partial charge < -0.3 is 15.0 Å². The Labute approximate surface area is 75.4 Å². The number of hydrogen-bond acceptors (Lipinski definition) is 3. The van der Waals surface area contributed by atoms with E-state index in [9.17, 15) is 9.90 Å². The van der Waals surface area contributed by atoms with Crippen molar-refractivity contribution in [1.82, 2.24) is 14.9 Å². The van der Waals surface area contributed by atoms with Gasteiger partial charge in [-0.1, -0.05) is 0 Å². The number of rotatable bonds is 1. The third-order valence-electron chi connectivity index (χ3n) is 2.18. The van der Waals surface area contributed by atoms with Crippen LogP contribution in [0, 0.1) is 0 Å². The fourth-order valence-corrected chi connectivity index (χ4v) is 1.47. The molecular formula is C8H11N3O2. The average Bonchev–Trinajstić information content (AvgIpc) is 2.72. The number of likely N-dealkylation sites (tertiary alicyclic amines) is 1. The standard InChI is InChI=1S/C8H11N3O2/c12-6-1-2-11(4-6)8(13)7-3-9-5-10-7/h3,5-6,12H,1-2,4H2,(H,9,10). The van der Waals surface area contributed by atoms with Crippen LogP contribution in [0.4, 0.5) is 0 Å². The van der Waals surface area contributed by atoms with Gasteiger partial charge in [-0.25, -0.2) is 4.98 Å². The summed E-state index contributed by atoms with van der Waals surface area (Å²) in [6.45, 7) is 1.05. The van der Waals surface area contributed by atoms with Crippen molar-refractivity contribution >= 4 is 5.91 Å². The molecule has 70 valence electrons. The van der Waals surface area contributed by atoms with Gasteiger partial charge in [-0.15, -0.1) is 0 Å². The first kappa shape index (κ1) is 8.25. The van der Waals surface area contributed by atoms with Crippen molar-refractivity contribution in [2.24, 2.45) is 0 Å². The number of aromatic nitrogens is 2. The van der Waals surface area contributed by atoms with Crippen molar-refractivity contribution in [2.45, 2.75) is 12.5 Å². The summed E-state index contributed by atoms with van der Waals surface area (Å²) in [4.78, 5) is 19.7. The summed E-state index contributed by atoms with van der Waals surface area (Å²) in [5.41, 5.74) is 0.481. The Bertz CT molecular complexity index is 296. The van der Waals surface area contributed by atoms with E-state index in [0.29, 0.717) is 25.2 Å². The Hall–Kier alpha value is -1.36. The van der Waals surface area contributed by atoms with Crippen molar-refractivity contribution in [3.8, 4) is 0 Å². The lowest BCUT2D eigenvalue weighted by atomic mass is 10.3. The molecule has 1 aliphatic rings. The number of nitrogens with zero attached hydrogens (tertiary/aromatic N) is 2.